The molecule has 2 nitrogen and oxygen atoms in total. The molecule has 0 N–H and O–H groups in total. The number of alkyl halides is 3. The Bertz CT molecular complexity index is 317. The number of aromatic nitrogens is 1. The summed E-state index contributed by atoms with van der Waals surface area (Å²) >= 11 is 4.65. The van der Waals surface area contributed by atoms with Gasteiger partial charge in [0, 0.05) is 0 Å². The van der Waals surface area contributed by atoms with Crippen molar-refractivity contribution in [1.29, 1.82) is 0 Å². The third-order valence-electron chi connectivity index (χ3n) is 0.992. The highest BCUT2D eigenvalue weighted by Gasteiger charge is 2.32. The fourth-order valence-electron chi connectivity index (χ4n) is 0.582. The highest BCUT2D eigenvalue weighted by molar-refractivity contribution is 14.1. The number of rotatable bonds is 1. The number of hydrogen-bond acceptors (Lipinski definition) is 2. The van der Waals surface area contributed by atoms with Crippen molar-refractivity contribution in [3.63, 3.8) is 0 Å². The van der Waals surface area contributed by atoms with Crippen molar-refractivity contribution in [3.05, 3.63) is 20.3 Å². The minimum atomic E-state index is -4.70. The first-order valence-electron chi connectivity index (χ1n) is 2.96. The third kappa shape index (κ3) is 3.67. The summed E-state index contributed by atoms with van der Waals surface area (Å²) in [6.07, 6.45) is -4.70. The van der Waals surface area contributed by atoms with Gasteiger partial charge in [0.15, 0.2) is 0 Å². The Morgan fingerprint density at radius 1 is 1.38 bits per heavy atom. The maximum Gasteiger partial charge on any atom is 0.574 e. The van der Waals surface area contributed by atoms with Crippen LogP contribution in [0.3, 0.4) is 0 Å². The summed E-state index contributed by atoms with van der Waals surface area (Å²) in [6.45, 7) is 0. The second-order valence-corrected chi connectivity index (χ2v) is 3.94. The molecule has 0 radical (unpaired) electrons. The molecule has 0 aliphatic carbocycles. The van der Waals surface area contributed by atoms with E-state index in [1.807, 2.05) is 0 Å². The number of nitrogens with zero attached hydrogens (tertiary/aromatic N) is 1. The van der Waals surface area contributed by atoms with Crippen molar-refractivity contribution in [1.82, 2.24) is 4.98 Å². The second kappa shape index (κ2) is 3.99. The summed E-state index contributed by atoms with van der Waals surface area (Å²) in [5, 5.41) is 0. The molecule has 0 spiro atoms. The van der Waals surface area contributed by atoms with Gasteiger partial charge in [0.1, 0.15) is 4.60 Å². The molecule has 72 valence electrons. The summed E-state index contributed by atoms with van der Waals surface area (Å²) in [6, 6.07) is 3.00. The van der Waals surface area contributed by atoms with Crippen LogP contribution in [0.2, 0.25) is 0 Å². The molecular weight excluding hydrogens is 366 g/mol. The van der Waals surface area contributed by atoms with Crippen molar-refractivity contribution < 1.29 is 17.9 Å². The molecule has 1 aromatic heterocycles. The summed E-state index contributed by atoms with van der Waals surface area (Å²) in [7, 11) is 0. The van der Waals surface area contributed by atoms with E-state index in [2.05, 4.69) is 25.7 Å². The molecule has 0 atom stereocenters. The zero-order valence-corrected chi connectivity index (χ0v) is 9.64. The number of hydrogen-bond donors (Lipinski definition) is 0. The predicted molar refractivity (Wildman–Crippen MR) is 51.3 cm³/mol. The number of ether oxygens (including phenoxy) is 1. The average Bonchev–Trinajstić information content (AvgIpc) is 1.94. The molecule has 0 aliphatic heterocycles. The van der Waals surface area contributed by atoms with E-state index in [0.29, 0.717) is 8.17 Å². The van der Waals surface area contributed by atoms with Gasteiger partial charge in [0.05, 0.1) is 3.57 Å². The Morgan fingerprint density at radius 3 is 2.54 bits per heavy atom. The molecule has 1 rings (SSSR count). The normalized spacial score (nSPS) is 11.5. The van der Waals surface area contributed by atoms with Gasteiger partial charge in [-0.05, 0) is 50.7 Å². The zero-order chi connectivity index (χ0) is 10.1. The van der Waals surface area contributed by atoms with E-state index in [4.69, 9.17) is 0 Å². The molecule has 1 aromatic rings. The van der Waals surface area contributed by atoms with E-state index in [9.17, 15) is 13.2 Å². The smallest absolute Gasteiger partial charge is 0.387 e. The largest absolute Gasteiger partial charge is 0.574 e. The van der Waals surface area contributed by atoms with Crippen LogP contribution < -0.4 is 4.74 Å². The van der Waals surface area contributed by atoms with Crippen molar-refractivity contribution >= 4 is 38.5 Å². The molecule has 13 heavy (non-hydrogen) atoms. The van der Waals surface area contributed by atoms with E-state index in [1.54, 1.807) is 22.6 Å². The lowest BCUT2D eigenvalue weighted by atomic mass is 10.5. The fourth-order valence-corrected chi connectivity index (χ4v) is 1.29. The first kappa shape index (κ1) is 11.0. The van der Waals surface area contributed by atoms with Crippen LogP contribution in [-0.2, 0) is 0 Å². The van der Waals surface area contributed by atoms with Gasteiger partial charge in [-0.15, -0.1) is 13.2 Å². The topological polar surface area (TPSA) is 22.1 Å². The standard InChI is InChI=1S/C6H2BrF3INO/c7-4-2-1-3(11)5(12-4)13-6(8,9)10/h1-2H. The van der Waals surface area contributed by atoms with Gasteiger partial charge in [0.25, 0.3) is 0 Å². The lowest BCUT2D eigenvalue weighted by molar-refractivity contribution is -0.276. The molecular formula is C6H2BrF3INO. The van der Waals surface area contributed by atoms with Crippen LogP contribution in [0.15, 0.2) is 16.7 Å². The van der Waals surface area contributed by atoms with Crippen molar-refractivity contribution in [3.8, 4) is 5.88 Å². The van der Waals surface area contributed by atoms with Gasteiger partial charge < -0.3 is 4.74 Å². The minimum Gasteiger partial charge on any atom is -0.387 e. The van der Waals surface area contributed by atoms with Gasteiger partial charge in [-0.1, -0.05) is 0 Å². The first-order valence-corrected chi connectivity index (χ1v) is 4.83. The molecule has 0 saturated heterocycles. The fraction of sp³-hybridized carbons (Fsp3) is 0.167. The monoisotopic (exact) mass is 367 g/mol. The highest BCUT2D eigenvalue weighted by Crippen LogP contribution is 2.26. The Hall–Kier alpha value is -0.0500. The van der Waals surface area contributed by atoms with E-state index < -0.39 is 12.2 Å². The predicted octanol–water partition coefficient (Wildman–Crippen LogP) is 3.35. The van der Waals surface area contributed by atoms with Crippen LogP contribution in [0.4, 0.5) is 13.2 Å². The van der Waals surface area contributed by atoms with Crippen LogP contribution in [-0.4, -0.2) is 11.3 Å². The van der Waals surface area contributed by atoms with Crippen LogP contribution >= 0.6 is 38.5 Å². The van der Waals surface area contributed by atoms with Crippen LogP contribution in [0.1, 0.15) is 0 Å². The van der Waals surface area contributed by atoms with Gasteiger partial charge in [0.2, 0.25) is 5.88 Å². The second-order valence-electron chi connectivity index (χ2n) is 1.97. The van der Waals surface area contributed by atoms with Crippen molar-refractivity contribution in [2.45, 2.75) is 6.36 Å². The molecule has 0 aliphatic rings. The van der Waals surface area contributed by atoms with Crippen LogP contribution in [0.5, 0.6) is 5.88 Å². The number of pyridine rings is 1. The molecule has 0 bridgehead atoms. The van der Waals surface area contributed by atoms with Crippen molar-refractivity contribution in [2.75, 3.05) is 0 Å². The summed E-state index contributed by atoms with van der Waals surface area (Å²) in [4.78, 5) is 3.53. The number of halogens is 5. The summed E-state index contributed by atoms with van der Waals surface area (Å²) < 4.78 is 39.6. The van der Waals surface area contributed by atoms with E-state index in [-0.39, 0.29) is 0 Å². The molecule has 1 heterocycles. The van der Waals surface area contributed by atoms with E-state index >= 15 is 0 Å². The Kier molecular flexibility index (Phi) is 3.38. The summed E-state index contributed by atoms with van der Waals surface area (Å²) in [5.74, 6) is -0.442. The maximum atomic E-state index is 11.8. The Morgan fingerprint density at radius 2 is 2.00 bits per heavy atom. The molecule has 0 aromatic carbocycles. The molecule has 0 unspecified atom stereocenters. The zero-order valence-electron chi connectivity index (χ0n) is 5.90. The molecule has 0 saturated carbocycles. The third-order valence-corrected chi connectivity index (χ3v) is 2.25. The lowest BCUT2D eigenvalue weighted by Crippen LogP contribution is -2.18. The van der Waals surface area contributed by atoms with E-state index in [0.717, 1.165) is 0 Å². The van der Waals surface area contributed by atoms with Gasteiger partial charge in [-0.2, -0.15) is 0 Å². The highest BCUT2D eigenvalue weighted by atomic mass is 127. The summed E-state index contributed by atoms with van der Waals surface area (Å²) in [5.41, 5.74) is 0. The van der Waals surface area contributed by atoms with Crippen molar-refractivity contribution in [2.24, 2.45) is 0 Å². The van der Waals surface area contributed by atoms with E-state index in [1.165, 1.54) is 12.1 Å². The molecule has 0 amide bonds. The lowest BCUT2D eigenvalue weighted by Gasteiger charge is -2.08. The SMILES string of the molecule is FC(F)(F)Oc1nc(Br)ccc1I. The molecule has 0 fully saturated rings. The minimum absolute atomic E-state index is 0.298. The maximum absolute atomic E-state index is 11.8. The van der Waals surface area contributed by atoms with Gasteiger partial charge >= 0.3 is 6.36 Å². The Balaban J connectivity index is 2.94. The average molecular weight is 368 g/mol. The Labute approximate surface area is 93.8 Å². The van der Waals surface area contributed by atoms with Gasteiger partial charge in [-0.25, -0.2) is 4.98 Å². The van der Waals surface area contributed by atoms with Gasteiger partial charge in [-0.3, -0.25) is 0 Å². The molecule has 7 heteroatoms. The first-order chi connectivity index (χ1) is 5.88. The van der Waals surface area contributed by atoms with Crippen LogP contribution in [0, 0.1) is 3.57 Å². The quantitative estimate of drug-likeness (QED) is 0.561. The van der Waals surface area contributed by atoms with Crippen LogP contribution in [0.25, 0.3) is 0 Å².